The van der Waals surface area contributed by atoms with Crippen LogP contribution in [0.15, 0.2) is 72.1 Å². The number of nitrogens with one attached hydrogen (secondary N) is 1. The van der Waals surface area contributed by atoms with E-state index in [-0.39, 0.29) is 5.91 Å². The highest BCUT2D eigenvalue weighted by Crippen LogP contribution is 2.24. The zero-order valence-electron chi connectivity index (χ0n) is 16.2. The van der Waals surface area contributed by atoms with Gasteiger partial charge in [0.25, 0.3) is 5.91 Å². The van der Waals surface area contributed by atoms with Gasteiger partial charge in [-0.1, -0.05) is 36.4 Å². The highest BCUT2D eigenvalue weighted by molar-refractivity contribution is 7.13. The molecule has 0 unspecified atom stereocenters. The van der Waals surface area contributed by atoms with Crippen LogP contribution in [0.2, 0.25) is 0 Å². The molecule has 29 heavy (non-hydrogen) atoms. The third kappa shape index (κ3) is 4.20. The molecule has 2 heterocycles. The third-order valence-electron chi connectivity index (χ3n) is 4.47. The van der Waals surface area contributed by atoms with Gasteiger partial charge in [-0.2, -0.15) is 9.67 Å². The fourth-order valence-corrected chi connectivity index (χ4v) is 3.53. The molecule has 0 saturated carbocycles. The molecule has 4 rings (SSSR count). The SMILES string of the molecule is CN(C)c1ccc(C(=O)n2nc(-c3cccs3)nc2NCc2ccccc2)cc1. The minimum absolute atomic E-state index is 0.221. The van der Waals surface area contributed by atoms with Gasteiger partial charge in [0.1, 0.15) is 0 Å². The summed E-state index contributed by atoms with van der Waals surface area (Å²) in [6.07, 6.45) is 0. The standard InChI is InChI=1S/C22H21N5OS/c1-26(2)18-12-10-17(11-13-18)21(28)27-22(23-15-16-7-4-3-5-8-16)24-20(25-27)19-9-6-14-29-19/h3-14H,15H2,1-2H3,(H,23,24,25). The van der Waals surface area contributed by atoms with Crippen LogP contribution in [-0.4, -0.2) is 34.8 Å². The Morgan fingerprint density at radius 2 is 1.79 bits per heavy atom. The van der Waals surface area contributed by atoms with E-state index in [9.17, 15) is 4.79 Å². The molecule has 0 amide bonds. The van der Waals surface area contributed by atoms with Gasteiger partial charge in [-0.25, -0.2) is 0 Å². The third-order valence-corrected chi connectivity index (χ3v) is 5.33. The first-order chi connectivity index (χ1) is 14.1. The molecule has 0 fully saturated rings. The summed E-state index contributed by atoms with van der Waals surface area (Å²) in [5.74, 6) is 0.744. The zero-order chi connectivity index (χ0) is 20.2. The predicted octanol–water partition coefficient (Wildman–Crippen LogP) is 4.37. The second-order valence-electron chi connectivity index (χ2n) is 6.73. The maximum absolute atomic E-state index is 13.2. The van der Waals surface area contributed by atoms with Gasteiger partial charge >= 0.3 is 0 Å². The summed E-state index contributed by atoms with van der Waals surface area (Å²) in [4.78, 5) is 20.6. The summed E-state index contributed by atoms with van der Waals surface area (Å²) < 4.78 is 1.35. The quantitative estimate of drug-likeness (QED) is 0.518. The monoisotopic (exact) mass is 403 g/mol. The molecule has 7 heteroatoms. The van der Waals surface area contributed by atoms with E-state index in [1.807, 2.05) is 91.1 Å². The average Bonchev–Trinajstić information content (AvgIpc) is 3.42. The van der Waals surface area contributed by atoms with E-state index in [1.54, 1.807) is 11.3 Å². The first-order valence-corrected chi connectivity index (χ1v) is 10.1. The highest BCUT2D eigenvalue weighted by atomic mass is 32.1. The molecule has 0 aliphatic heterocycles. The van der Waals surface area contributed by atoms with Crippen LogP contribution in [0.4, 0.5) is 11.6 Å². The summed E-state index contributed by atoms with van der Waals surface area (Å²) in [7, 11) is 3.93. The van der Waals surface area contributed by atoms with Crippen LogP contribution in [0.3, 0.4) is 0 Å². The number of hydrogen-bond donors (Lipinski definition) is 1. The molecule has 0 bridgehead atoms. The van der Waals surface area contributed by atoms with E-state index >= 15 is 0 Å². The molecule has 1 N–H and O–H groups in total. The molecule has 0 radical (unpaired) electrons. The van der Waals surface area contributed by atoms with Gasteiger partial charge in [-0.15, -0.1) is 16.4 Å². The molecule has 146 valence electrons. The molecule has 0 atom stereocenters. The van der Waals surface area contributed by atoms with Crippen molar-refractivity contribution >= 4 is 28.9 Å². The molecule has 2 aromatic carbocycles. The van der Waals surface area contributed by atoms with E-state index in [2.05, 4.69) is 15.4 Å². The van der Waals surface area contributed by atoms with Crippen molar-refractivity contribution in [2.75, 3.05) is 24.3 Å². The Kier molecular flexibility index (Phi) is 5.39. The summed E-state index contributed by atoms with van der Waals surface area (Å²) in [5.41, 5.74) is 2.69. The Bertz CT molecular complexity index is 1090. The number of carbonyl (C=O) groups is 1. The van der Waals surface area contributed by atoms with Crippen molar-refractivity contribution in [3.05, 3.63) is 83.2 Å². The van der Waals surface area contributed by atoms with Crippen LogP contribution in [0, 0.1) is 0 Å². The molecule has 0 spiro atoms. The van der Waals surface area contributed by atoms with Gasteiger partial charge in [0.05, 0.1) is 4.88 Å². The Balaban J connectivity index is 1.65. The summed E-state index contributed by atoms with van der Waals surface area (Å²) in [6.45, 7) is 0.552. The first kappa shape index (κ1) is 18.9. The van der Waals surface area contributed by atoms with Crippen LogP contribution < -0.4 is 10.2 Å². The minimum atomic E-state index is -0.221. The lowest BCUT2D eigenvalue weighted by molar-refractivity contribution is 0.0947. The number of rotatable bonds is 6. The van der Waals surface area contributed by atoms with Crippen molar-refractivity contribution in [1.82, 2.24) is 14.8 Å². The normalized spacial score (nSPS) is 10.7. The molecule has 0 aliphatic rings. The molecule has 4 aromatic rings. The summed E-state index contributed by atoms with van der Waals surface area (Å²) in [5, 5.41) is 9.72. The predicted molar refractivity (Wildman–Crippen MR) is 118 cm³/mol. The van der Waals surface area contributed by atoms with E-state index in [0.717, 1.165) is 16.1 Å². The molecule has 6 nitrogen and oxygen atoms in total. The second-order valence-corrected chi connectivity index (χ2v) is 7.68. The Hall–Kier alpha value is -3.45. The molecular weight excluding hydrogens is 382 g/mol. The zero-order valence-corrected chi connectivity index (χ0v) is 17.1. The molecule has 2 aromatic heterocycles. The van der Waals surface area contributed by atoms with Gasteiger partial charge in [0, 0.05) is 31.9 Å². The van der Waals surface area contributed by atoms with Gasteiger partial charge in [0.2, 0.25) is 5.95 Å². The summed E-state index contributed by atoms with van der Waals surface area (Å²) in [6, 6.07) is 21.3. The fraction of sp³-hybridized carbons (Fsp3) is 0.136. The Morgan fingerprint density at radius 1 is 1.03 bits per heavy atom. The fourth-order valence-electron chi connectivity index (χ4n) is 2.88. The van der Waals surface area contributed by atoms with Crippen molar-refractivity contribution in [2.24, 2.45) is 0 Å². The average molecular weight is 404 g/mol. The van der Waals surface area contributed by atoms with Crippen LogP contribution in [0.25, 0.3) is 10.7 Å². The lowest BCUT2D eigenvalue weighted by atomic mass is 10.2. The van der Waals surface area contributed by atoms with Gasteiger partial charge in [0.15, 0.2) is 5.82 Å². The number of carbonyl (C=O) groups excluding carboxylic acids is 1. The van der Waals surface area contributed by atoms with E-state index in [0.29, 0.717) is 23.9 Å². The lowest BCUT2D eigenvalue weighted by Crippen LogP contribution is -2.18. The van der Waals surface area contributed by atoms with Crippen molar-refractivity contribution in [2.45, 2.75) is 6.54 Å². The Labute approximate surface area is 173 Å². The summed E-state index contributed by atoms with van der Waals surface area (Å²) >= 11 is 1.54. The maximum atomic E-state index is 13.2. The first-order valence-electron chi connectivity index (χ1n) is 9.22. The number of thiophene rings is 1. The van der Waals surface area contributed by atoms with E-state index < -0.39 is 0 Å². The number of nitrogens with zero attached hydrogens (tertiary/aromatic N) is 4. The van der Waals surface area contributed by atoms with E-state index in [4.69, 9.17) is 0 Å². The molecular formula is C22H21N5OS. The number of benzene rings is 2. The van der Waals surface area contributed by atoms with Crippen molar-refractivity contribution in [3.63, 3.8) is 0 Å². The van der Waals surface area contributed by atoms with Gasteiger partial charge in [-0.05, 0) is 41.3 Å². The van der Waals surface area contributed by atoms with Crippen LogP contribution in [-0.2, 0) is 6.54 Å². The minimum Gasteiger partial charge on any atom is -0.378 e. The number of anilines is 2. The van der Waals surface area contributed by atoms with Crippen molar-refractivity contribution in [1.29, 1.82) is 0 Å². The smallest absolute Gasteiger partial charge is 0.281 e. The van der Waals surface area contributed by atoms with Crippen LogP contribution in [0.5, 0.6) is 0 Å². The molecule has 0 aliphatic carbocycles. The Morgan fingerprint density at radius 3 is 2.45 bits per heavy atom. The van der Waals surface area contributed by atoms with Crippen molar-refractivity contribution in [3.8, 4) is 10.7 Å². The number of hydrogen-bond acceptors (Lipinski definition) is 6. The van der Waals surface area contributed by atoms with Crippen LogP contribution >= 0.6 is 11.3 Å². The molecule has 0 saturated heterocycles. The van der Waals surface area contributed by atoms with Crippen molar-refractivity contribution < 1.29 is 4.79 Å². The van der Waals surface area contributed by atoms with Gasteiger partial charge in [-0.3, -0.25) is 4.79 Å². The highest BCUT2D eigenvalue weighted by Gasteiger charge is 2.19. The second kappa shape index (κ2) is 8.28. The number of aromatic nitrogens is 3. The topological polar surface area (TPSA) is 63.1 Å². The largest absolute Gasteiger partial charge is 0.378 e. The van der Waals surface area contributed by atoms with E-state index in [1.165, 1.54) is 4.68 Å². The lowest BCUT2D eigenvalue weighted by Gasteiger charge is -2.12. The van der Waals surface area contributed by atoms with Gasteiger partial charge < -0.3 is 10.2 Å². The van der Waals surface area contributed by atoms with Crippen LogP contribution in [0.1, 0.15) is 15.9 Å². The maximum Gasteiger partial charge on any atom is 0.281 e.